The number of carbonyl (C=O) groups is 1. The number of thiophene rings is 1. The van der Waals surface area contributed by atoms with Gasteiger partial charge in [0.05, 0.1) is 35.1 Å². The molecule has 1 aromatic carbocycles. The average Bonchev–Trinajstić information content (AvgIpc) is 3.42. The van der Waals surface area contributed by atoms with E-state index < -0.39 is 11.9 Å². The Balaban J connectivity index is 1.74. The molecule has 2 aromatic heterocycles. The molecule has 1 atom stereocenters. The number of esters is 1. The van der Waals surface area contributed by atoms with Crippen LogP contribution in [0.5, 0.6) is 0 Å². The van der Waals surface area contributed by atoms with Crippen LogP contribution in [0, 0.1) is 22.7 Å². The number of benzene rings is 1. The summed E-state index contributed by atoms with van der Waals surface area (Å²) in [7, 11) is 0. The molecule has 3 aromatic rings. The molecule has 0 radical (unpaired) electrons. The fraction of sp³-hybridized carbons (Fsp3) is 0.154. The van der Waals surface area contributed by atoms with E-state index in [1.807, 2.05) is 47.8 Å². The van der Waals surface area contributed by atoms with Crippen molar-refractivity contribution in [2.24, 2.45) is 5.73 Å². The first-order valence-electron chi connectivity index (χ1n) is 10.7. The summed E-state index contributed by atoms with van der Waals surface area (Å²) in [4.78, 5) is 18.5. The van der Waals surface area contributed by atoms with E-state index in [0.717, 1.165) is 16.1 Å². The minimum Gasteiger partial charge on any atom is -0.463 e. The van der Waals surface area contributed by atoms with Gasteiger partial charge in [-0.15, -0.1) is 11.3 Å². The van der Waals surface area contributed by atoms with Crippen LogP contribution in [0.2, 0.25) is 0 Å². The van der Waals surface area contributed by atoms with Crippen molar-refractivity contribution < 1.29 is 14.3 Å². The van der Waals surface area contributed by atoms with Gasteiger partial charge in [-0.05, 0) is 30.5 Å². The van der Waals surface area contributed by atoms with Crippen molar-refractivity contribution in [3.8, 4) is 23.4 Å². The Bertz CT molecular complexity index is 1380. The van der Waals surface area contributed by atoms with E-state index >= 15 is 0 Å². The van der Waals surface area contributed by atoms with Gasteiger partial charge in [0.15, 0.2) is 0 Å². The van der Waals surface area contributed by atoms with E-state index in [4.69, 9.17) is 15.2 Å². The molecule has 0 bridgehead atoms. The molecular weight excluding hydrogens is 480 g/mol. The van der Waals surface area contributed by atoms with E-state index in [0.29, 0.717) is 10.6 Å². The van der Waals surface area contributed by atoms with Gasteiger partial charge in [0, 0.05) is 10.4 Å². The standard InChI is InChI=1S/C26H20N4O3S2/c1-2-32-26(31)23-20(33-24(29)18(14-28)22(23)21-9-6-12-34-21)15-35-25-17(13-27)10-11-19(30-25)16-7-4-3-5-8-16/h3-12,22H,2,15,29H2,1H3/t22-/m0/s1. The maximum absolute atomic E-state index is 13.1. The third kappa shape index (κ3) is 5.07. The zero-order valence-electron chi connectivity index (χ0n) is 18.7. The lowest BCUT2D eigenvalue weighted by Gasteiger charge is -2.27. The molecule has 174 valence electrons. The molecule has 2 N–H and O–H groups in total. The molecule has 1 aliphatic heterocycles. The van der Waals surface area contributed by atoms with Crippen molar-refractivity contribution in [3.05, 3.63) is 93.2 Å². The van der Waals surface area contributed by atoms with Crippen LogP contribution in [0.15, 0.2) is 87.8 Å². The quantitative estimate of drug-likeness (QED) is 0.351. The van der Waals surface area contributed by atoms with Crippen molar-refractivity contribution in [2.75, 3.05) is 12.4 Å². The van der Waals surface area contributed by atoms with Gasteiger partial charge in [0.25, 0.3) is 0 Å². The number of hydrogen-bond acceptors (Lipinski definition) is 9. The lowest BCUT2D eigenvalue weighted by atomic mass is 9.87. The van der Waals surface area contributed by atoms with Gasteiger partial charge < -0.3 is 15.2 Å². The Labute approximate surface area is 211 Å². The number of nitriles is 2. The van der Waals surface area contributed by atoms with Gasteiger partial charge in [-0.2, -0.15) is 10.5 Å². The van der Waals surface area contributed by atoms with Crippen molar-refractivity contribution in [1.82, 2.24) is 4.98 Å². The molecular formula is C26H20N4O3S2. The van der Waals surface area contributed by atoms with Crippen LogP contribution in [0.3, 0.4) is 0 Å². The number of nitrogens with zero attached hydrogens (tertiary/aromatic N) is 3. The van der Waals surface area contributed by atoms with Gasteiger partial charge in [-0.1, -0.05) is 48.2 Å². The number of allylic oxidation sites excluding steroid dienone is 1. The number of thioether (sulfide) groups is 1. The van der Waals surface area contributed by atoms with Crippen LogP contribution < -0.4 is 5.73 Å². The van der Waals surface area contributed by atoms with Crippen LogP contribution in [0.1, 0.15) is 23.3 Å². The predicted octanol–water partition coefficient (Wildman–Crippen LogP) is 5.10. The fourth-order valence-corrected chi connectivity index (χ4v) is 5.39. The van der Waals surface area contributed by atoms with E-state index in [9.17, 15) is 15.3 Å². The van der Waals surface area contributed by atoms with Crippen LogP contribution >= 0.6 is 23.1 Å². The lowest BCUT2D eigenvalue weighted by molar-refractivity contribution is -0.139. The summed E-state index contributed by atoms with van der Waals surface area (Å²) >= 11 is 2.67. The number of rotatable bonds is 7. The highest BCUT2D eigenvalue weighted by Crippen LogP contribution is 2.42. The molecule has 4 rings (SSSR count). The van der Waals surface area contributed by atoms with Gasteiger partial charge >= 0.3 is 5.97 Å². The first kappa shape index (κ1) is 24.1. The molecule has 7 nitrogen and oxygen atoms in total. The van der Waals surface area contributed by atoms with Crippen LogP contribution in [0.4, 0.5) is 0 Å². The number of pyridine rings is 1. The van der Waals surface area contributed by atoms with Gasteiger partial charge in [0.1, 0.15) is 28.5 Å². The van der Waals surface area contributed by atoms with Gasteiger partial charge in [-0.25, -0.2) is 9.78 Å². The second kappa shape index (κ2) is 10.9. The highest BCUT2D eigenvalue weighted by Gasteiger charge is 2.38. The van der Waals surface area contributed by atoms with Crippen molar-refractivity contribution in [3.63, 3.8) is 0 Å². The number of carbonyl (C=O) groups excluding carboxylic acids is 1. The average molecular weight is 501 g/mol. The summed E-state index contributed by atoms with van der Waals surface area (Å²) in [5.41, 5.74) is 8.54. The maximum Gasteiger partial charge on any atom is 0.338 e. The number of aromatic nitrogens is 1. The molecule has 0 amide bonds. The molecule has 0 unspecified atom stereocenters. The summed E-state index contributed by atoms with van der Waals surface area (Å²) in [5.74, 6) is -0.883. The molecule has 0 saturated carbocycles. The molecule has 3 heterocycles. The third-order valence-corrected chi connectivity index (χ3v) is 7.14. The van der Waals surface area contributed by atoms with Crippen LogP contribution in [-0.4, -0.2) is 23.3 Å². The topological polar surface area (TPSA) is 122 Å². The first-order valence-corrected chi connectivity index (χ1v) is 12.5. The normalized spacial score (nSPS) is 15.2. The predicted molar refractivity (Wildman–Crippen MR) is 134 cm³/mol. The van der Waals surface area contributed by atoms with Crippen LogP contribution in [-0.2, 0) is 14.3 Å². The van der Waals surface area contributed by atoms with Crippen molar-refractivity contribution in [1.29, 1.82) is 10.5 Å². The summed E-state index contributed by atoms with van der Waals surface area (Å²) in [6.07, 6.45) is 0. The summed E-state index contributed by atoms with van der Waals surface area (Å²) < 4.78 is 11.1. The van der Waals surface area contributed by atoms with Crippen LogP contribution in [0.25, 0.3) is 11.3 Å². The number of ether oxygens (including phenoxy) is 2. The van der Waals surface area contributed by atoms with E-state index in [-0.39, 0.29) is 35.1 Å². The van der Waals surface area contributed by atoms with E-state index in [1.165, 1.54) is 23.1 Å². The molecule has 9 heteroatoms. The zero-order chi connectivity index (χ0) is 24.8. The summed E-state index contributed by atoms with van der Waals surface area (Å²) in [6, 6.07) is 21.1. The minimum absolute atomic E-state index is 0.0546. The Morgan fingerprint density at radius 1 is 1.17 bits per heavy atom. The molecule has 35 heavy (non-hydrogen) atoms. The summed E-state index contributed by atoms with van der Waals surface area (Å²) in [6.45, 7) is 1.88. The van der Waals surface area contributed by atoms with Gasteiger partial charge in [-0.3, -0.25) is 0 Å². The smallest absolute Gasteiger partial charge is 0.338 e. The zero-order valence-corrected chi connectivity index (χ0v) is 20.4. The lowest BCUT2D eigenvalue weighted by Crippen LogP contribution is -2.26. The SMILES string of the molecule is CCOC(=O)C1=C(CSc2nc(-c3ccccc3)ccc2C#N)OC(N)=C(C#N)[C@H]1c1cccs1. The highest BCUT2D eigenvalue weighted by atomic mass is 32.2. The Morgan fingerprint density at radius 2 is 1.97 bits per heavy atom. The van der Waals surface area contributed by atoms with Crippen molar-refractivity contribution >= 4 is 29.1 Å². The Morgan fingerprint density at radius 3 is 2.63 bits per heavy atom. The first-order chi connectivity index (χ1) is 17.1. The molecule has 0 spiro atoms. The minimum atomic E-state index is -0.692. The van der Waals surface area contributed by atoms with E-state index in [1.54, 1.807) is 19.1 Å². The monoisotopic (exact) mass is 500 g/mol. The second-order valence-corrected chi connectivity index (χ2v) is 9.26. The largest absolute Gasteiger partial charge is 0.463 e. The molecule has 1 aliphatic rings. The Kier molecular flexibility index (Phi) is 7.51. The molecule has 0 aliphatic carbocycles. The van der Waals surface area contributed by atoms with Crippen molar-refractivity contribution in [2.45, 2.75) is 17.9 Å². The summed E-state index contributed by atoms with van der Waals surface area (Å²) in [5, 5.41) is 21.8. The Hall–Kier alpha value is -4.05. The number of hydrogen-bond donors (Lipinski definition) is 1. The fourth-order valence-electron chi connectivity index (χ4n) is 3.64. The molecule has 0 fully saturated rings. The maximum atomic E-state index is 13.1. The third-order valence-electron chi connectivity index (χ3n) is 5.21. The highest BCUT2D eigenvalue weighted by molar-refractivity contribution is 7.99. The second-order valence-electron chi connectivity index (χ2n) is 7.31. The van der Waals surface area contributed by atoms with E-state index in [2.05, 4.69) is 17.1 Å². The number of nitrogens with two attached hydrogens (primary N) is 1. The molecule has 0 saturated heterocycles. The van der Waals surface area contributed by atoms with Gasteiger partial charge in [0.2, 0.25) is 5.88 Å².